The molecule has 0 saturated heterocycles. The number of hydrogen-bond donors (Lipinski definition) is 0. The van der Waals surface area contributed by atoms with Crippen molar-refractivity contribution in [1.29, 1.82) is 0 Å². The van der Waals surface area contributed by atoms with Crippen molar-refractivity contribution in [3.05, 3.63) is 0 Å². The molecule has 0 radical (unpaired) electrons. The molecule has 0 aromatic rings. The van der Waals surface area contributed by atoms with E-state index in [9.17, 15) is 13.2 Å². The van der Waals surface area contributed by atoms with Crippen molar-refractivity contribution in [3.8, 4) is 0 Å². The zero-order valence-electron chi connectivity index (χ0n) is 4.68. The van der Waals surface area contributed by atoms with Crippen LogP contribution in [0.15, 0.2) is 0 Å². The van der Waals surface area contributed by atoms with Crippen LogP contribution < -0.4 is 18.9 Å². The summed E-state index contributed by atoms with van der Waals surface area (Å²) in [4.78, 5) is 0. The largest absolute Gasteiger partial charge is 1.00 e. The fourth-order valence-electron chi connectivity index (χ4n) is 0.116. The Labute approximate surface area is 66.5 Å². The van der Waals surface area contributed by atoms with E-state index >= 15 is 0 Å². The SMILES string of the molecule is O=S(=O)([O-])OC(F)(F)F.[Li+]. The summed E-state index contributed by atoms with van der Waals surface area (Å²) in [6.45, 7) is 0. The van der Waals surface area contributed by atoms with Gasteiger partial charge in [-0.1, -0.05) is 0 Å². The minimum Gasteiger partial charge on any atom is -0.725 e. The average molecular weight is 172 g/mol. The van der Waals surface area contributed by atoms with E-state index < -0.39 is 16.8 Å². The third kappa shape index (κ3) is 11.1. The summed E-state index contributed by atoms with van der Waals surface area (Å²) in [5, 5.41) is 0. The first kappa shape index (κ1) is 12.9. The van der Waals surface area contributed by atoms with Crippen molar-refractivity contribution in [1.82, 2.24) is 0 Å². The molecule has 0 atom stereocenters. The molecule has 0 spiro atoms. The van der Waals surface area contributed by atoms with Crippen LogP contribution in [0.4, 0.5) is 13.2 Å². The van der Waals surface area contributed by atoms with Gasteiger partial charge in [0.25, 0.3) is 0 Å². The second-order valence-corrected chi connectivity index (χ2v) is 1.92. The van der Waals surface area contributed by atoms with Gasteiger partial charge in [-0.15, -0.1) is 13.2 Å². The van der Waals surface area contributed by atoms with Gasteiger partial charge >= 0.3 is 25.2 Å². The first-order chi connectivity index (χ1) is 3.71. The zero-order valence-corrected chi connectivity index (χ0v) is 5.49. The molecule has 0 bridgehead atoms. The van der Waals surface area contributed by atoms with Crippen molar-refractivity contribution in [2.24, 2.45) is 0 Å². The molecule has 9 heteroatoms. The quantitative estimate of drug-likeness (QED) is 0.240. The molecule has 0 aliphatic carbocycles. The molecule has 0 saturated carbocycles. The van der Waals surface area contributed by atoms with Gasteiger partial charge in [-0.2, -0.15) is 4.18 Å². The van der Waals surface area contributed by atoms with E-state index in [1.807, 2.05) is 4.18 Å². The van der Waals surface area contributed by atoms with Crippen molar-refractivity contribution >= 4 is 10.4 Å². The molecule has 0 aliphatic rings. The number of halogens is 3. The van der Waals surface area contributed by atoms with Crippen LogP contribution in [0.2, 0.25) is 0 Å². The van der Waals surface area contributed by atoms with E-state index in [1.54, 1.807) is 0 Å². The summed E-state index contributed by atoms with van der Waals surface area (Å²) in [6, 6.07) is 0. The van der Waals surface area contributed by atoms with Gasteiger partial charge in [0, 0.05) is 0 Å². The van der Waals surface area contributed by atoms with Crippen LogP contribution in [-0.4, -0.2) is 19.3 Å². The molecule has 0 aromatic carbocycles. The van der Waals surface area contributed by atoms with Crippen LogP contribution >= 0.6 is 0 Å². The second kappa shape index (κ2) is 3.59. The molecule has 4 nitrogen and oxygen atoms in total. The molecule has 0 amide bonds. The van der Waals surface area contributed by atoms with Gasteiger partial charge in [-0.25, -0.2) is 8.42 Å². The third-order valence-electron chi connectivity index (χ3n) is 0.197. The van der Waals surface area contributed by atoms with E-state index in [4.69, 9.17) is 13.0 Å². The Morgan fingerprint density at radius 1 is 1.30 bits per heavy atom. The normalized spacial score (nSPS) is 12.4. The monoisotopic (exact) mass is 172 g/mol. The molecular weight excluding hydrogens is 172 g/mol. The maximum atomic E-state index is 10.8. The maximum absolute atomic E-state index is 10.8. The van der Waals surface area contributed by atoms with Crippen LogP contribution in [0.3, 0.4) is 0 Å². The molecule has 0 aliphatic heterocycles. The summed E-state index contributed by atoms with van der Waals surface area (Å²) in [5.74, 6) is 0. The van der Waals surface area contributed by atoms with Crippen molar-refractivity contribution in [2.75, 3.05) is 0 Å². The Hall–Kier alpha value is 0.257. The molecule has 10 heavy (non-hydrogen) atoms. The standard InChI is InChI=1S/CHF3O4S.Li/c2-1(3,4)8-9(5,6)7;/h(H,5,6,7);/q;+1/p-1. The van der Waals surface area contributed by atoms with E-state index in [2.05, 4.69) is 0 Å². The first-order valence-corrected chi connectivity index (χ1v) is 2.77. The Kier molecular flexibility index (Phi) is 4.63. The summed E-state index contributed by atoms with van der Waals surface area (Å²) >= 11 is 0. The molecule has 0 aromatic heterocycles. The summed E-state index contributed by atoms with van der Waals surface area (Å²) in [6.07, 6.45) is -5.42. The zero-order chi connectivity index (χ0) is 7.71. The van der Waals surface area contributed by atoms with E-state index in [0.717, 1.165) is 0 Å². The summed E-state index contributed by atoms with van der Waals surface area (Å²) < 4.78 is 61.7. The van der Waals surface area contributed by atoms with Gasteiger partial charge in [0.05, 0.1) is 0 Å². The molecule has 0 heterocycles. The van der Waals surface area contributed by atoms with E-state index in [1.165, 1.54) is 0 Å². The first-order valence-electron chi connectivity index (χ1n) is 1.44. The van der Waals surface area contributed by atoms with Gasteiger partial charge in [-0.05, 0) is 0 Å². The van der Waals surface area contributed by atoms with Crippen molar-refractivity contribution in [3.63, 3.8) is 0 Å². The molecule has 0 unspecified atom stereocenters. The van der Waals surface area contributed by atoms with Crippen LogP contribution in [0.5, 0.6) is 0 Å². The Balaban J connectivity index is 0. The summed E-state index contributed by atoms with van der Waals surface area (Å²) in [7, 11) is -5.66. The molecular formula is CF3LiO4S. The van der Waals surface area contributed by atoms with Gasteiger partial charge in [0.1, 0.15) is 0 Å². The van der Waals surface area contributed by atoms with E-state index in [0.29, 0.717) is 0 Å². The minimum absolute atomic E-state index is 0. The van der Waals surface area contributed by atoms with Gasteiger partial charge < -0.3 is 4.55 Å². The summed E-state index contributed by atoms with van der Waals surface area (Å²) in [5.41, 5.74) is 0. The fourth-order valence-corrected chi connectivity index (χ4v) is 0.347. The fraction of sp³-hybridized carbons (Fsp3) is 1.00. The van der Waals surface area contributed by atoms with Crippen LogP contribution in [0.25, 0.3) is 0 Å². The maximum Gasteiger partial charge on any atom is 1.00 e. The Morgan fingerprint density at radius 2 is 1.60 bits per heavy atom. The van der Waals surface area contributed by atoms with E-state index in [-0.39, 0.29) is 18.9 Å². The Bertz CT molecular complexity index is 181. The molecule has 0 N–H and O–H groups in total. The predicted octanol–water partition coefficient (Wildman–Crippen LogP) is -3.01. The average Bonchev–Trinajstić information content (AvgIpc) is 1.14. The van der Waals surface area contributed by atoms with Crippen LogP contribution in [-0.2, 0) is 14.6 Å². The topological polar surface area (TPSA) is 66.4 Å². The number of alkyl halides is 3. The molecule has 56 valence electrons. The van der Waals surface area contributed by atoms with Crippen LogP contribution in [0.1, 0.15) is 0 Å². The van der Waals surface area contributed by atoms with Crippen molar-refractivity contribution < 1.29 is 49.2 Å². The van der Waals surface area contributed by atoms with Crippen LogP contribution in [0, 0.1) is 0 Å². The van der Waals surface area contributed by atoms with Gasteiger partial charge in [0.15, 0.2) is 0 Å². The molecule has 0 rings (SSSR count). The second-order valence-electron chi connectivity index (χ2n) is 0.937. The van der Waals surface area contributed by atoms with Gasteiger partial charge in [0.2, 0.25) is 10.4 Å². The molecule has 0 fully saturated rings. The Morgan fingerprint density at radius 3 is 1.60 bits per heavy atom. The van der Waals surface area contributed by atoms with Crippen molar-refractivity contribution in [2.45, 2.75) is 6.36 Å². The smallest absolute Gasteiger partial charge is 0.725 e. The minimum atomic E-state index is -5.66. The third-order valence-corrected chi connectivity index (χ3v) is 0.590. The number of hydrogen-bond acceptors (Lipinski definition) is 4. The van der Waals surface area contributed by atoms with Gasteiger partial charge in [-0.3, -0.25) is 0 Å². The number of rotatable bonds is 1. The predicted molar refractivity (Wildman–Crippen MR) is 16.8 cm³/mol.